The molecule has 1 aliphatic heterocycles. The molecule has 1 aromatic rings. The molecule has 0 bridgehead atoms. The molecule has 0 saturated carbocycles. The van der Waals surface area contributed by atoms with Crippen LogP contribution in [0, 0.1) is 0 Å². The van der Waals surface area contributed by atoms with Crippen molar-refractivity contribution in [3.63, 3.8) is 0 Å². The monoisotopic (exact) mass is 340 g/mol. The molecular formula is C16H25BrN2O. The third kappa shape index (κ3) is 4.29. The van der Waals surface area contributed by atoms with Crippen molar-refractivity contribution in [2.45, 2.75) is 44.4 Å². The van der Waals surface area contributed by atoms with E-state index in [4.69, 9.17) is 10.5 Å². The predicted octanol–water partition coefficient (Wildman–Crippen LogP) is 3.34. The molecule has 3 atom stereocenters. The lowest BCUT2D eigenvalue weighted by atomic mass is 9.98. The summed E-state index contributed by atoms with van der Waals surface area (Å²) in [7, 11) is 2.15. The fourth-order valence-corrected chi connectivity index (χ4v) is 3.27. The van der Waals surface area contributed by atoms with Crippen molar-refractivity contribution in [3.05, 3.63) is 34.3 Å². The van der Waals surface area contributed by atoms with E-state index in [1.165, 1.54) is 18.4 Å². The van der Waals surface area contributed by atoms with Crippen LogP contribution in [-0.2, 0) is 4.74 Å². The Labute approximate surface area is 130 Å². The Kier molecular flexibility index (Phi) is 6.02. The summed E-state index contributed by atoms with van der Waals surface area (Å²) >= 11 is 3.48. The number of benzene rings is 1. The Morgan fingerprint density at radius 2 is 2.05 bits per heavy atom. The van der Waals surface area contributed by atoms with Crippen LogP contribution in [0.3, 0.4) is 0 Å². The topological polar surface area (TPSA) is 38.5 Å². The van der Waals surface area contributed by atoms with Gasteiger partial charge in [0.25, 0.3) is 0 Å². The van der Waals surface area contributed by atoms with Gasteiger partial charge in [-0.2, -0.15) is 0 Å². The van der Waals surface area contributed by atoms with Crippen LogP contribution < -0.4 is 5.73 Å². The first kappa shape index (κ1) is 16.0. The summed E-state index contributed by atoms with van der Waals surface area (Å²) in [5.41, 5.74) is 7.48. The van der Waals surface area contributed by atoms with Gasteiger partial charge in [0.05, 0.1) is 6.10 Å². The number of halogens is 1. The standard InChI is InChI=1S/C16H25BrN2O/c1-12(18)16(13-6-8-14(17)9-7-13)19(2)11-15-5-3-4-10-20-15/h6-9,12,15-16H,3-5,10-11,18H2,1-2H3. The zero-order chi connectivity index (χ0) is 14.5. The average molecular weight is 341 g/mol. The highest BCUT2D eigenvalue weighted by Crippen LogP contribution is 2.25. The quantitative estimate of drug-likeness (QED) is 0.893. The largest absolute Gasteiger partial charge is 0.377 e. The van der Waals surface area contributed by atoms with Gasteiger partial charge in [0.2, 0.25) is 0 Å². The van der Waals surface area contributed by atoms with Crippen molar-refractivity contribution < 1.29 is 4.74 Å². The van der Waals surface area contributed by atoms with Gasteiger partial charge in [-0.15, -0.1) is 0 Å². The van der Waals surface area contributed by atoms with Crippen LogP contribution in [0.4, 0.5) is 0 Å². The molecule has 0 aromatic heterocycles. The summed E-state index contributed by atoms with van der Waals surface area (Å²) in [6.45, 7) is 3.92. The molecule has 1 aromatic carbocycles. The van der Waals surface area contributed by atoms with E-state index >= 15 is 0 Å². The van der Waals surface area contributed by atoms with Gasteiger partial charge in [0, 0.05) is 29.7 Å². The Morgan fingerprint density at radius 1 is 1.35 bits per heavy atom. The first-order chi connectivity index (χ1) is 9.58. The molecule has 3 unspecified atom stereocenters. The Balaban J connectivity index is 2.05. The number of ether oxygens (including phenoxy) is 1. The van der Waals surface area contributed by atoms with E-state index in [1.807, 2.05) is 0 Å². The number of likely N-dealkylation sites (N-methyl/N-ethyl adjacent to an activating group) is 1. The summed E-state index contributed by atoms with van der Waals surface area (Å²) in [6.07, 6.45) is 3.99. The van der Waals surface area contributed by atoms with E-state index in [9.17, 15) is 0 Å². The Hall–Kier alpha value is -0.420. The van der Waals surface area contributed by atoms with E-state index in [0.29, 0.717) is 6.10 Å². The van der Waals surface area contributed by atoms with Crippen molar-refractivity contribution in [2.24, 2.45) is 5.73 Å². The normalized spacial score (nSPS) is 22.8. The van der Waals surface area contributed by atoms with Crippen molar-refractivity contribution in [2.75, 3.05) is 20.2 Å². The van der Waals surface area contributed by atoms with E-state index in [2.05, 4.69) is 59.1 Å². The maximum Gasteiger partial charge on any atom is 0.0702 e. The molecule has 0 amide bonds. The van der Waals surface area contributed by atoms with E-state index in [-0.39, 0.29) is 12.1 Å². The minimum atomic E-state index is 0.0877. The molecular weight excluding hydrogens is 316 g/mol. The van der Waals surface area contributed by atoms with E-state index < -0.39 is 0 Å². The number of rotatable bonds is 5. The van der Waals surface area contributed by atoms with E-state index in [0.717, 1.165) is 24.0 Å². The fraction of sp³-hybridized carbons (Fsp3) is 0.625. The van der Waals surface area contributed by atoms with Crippen LogP contribution in [0.15, 0.2) is 28.7 Å². The zero-order valence-electron chi connectivity index (χ0n) is 12.4. The van der Waals surface area contributed by atoms with Crippen LogP contribution in [0.1, 0.15) is 37.8 Å². The fourth-order valence-electron chi connectivity index (χ4n) is 3.01. The third-order valence-corrected chi connectivity index (χ3v) is 4.48. The first-order valence-corrected chi connectivity index (χ1v) is 8.20. The van der Waals surface area contributed by atoms with Gasteiger partial charge in [0.15, 0.2) is 0 Å². The average Bonchev–Trinajstić information content (AvgIpc) is 2.42. The minimum absolute atomic E-state index is 0.0877. The van der Waals surface area contributed by atoms with Gasteiger partial charge in [-0.1, -0.05) is 28.1 Å². The number of nitrogens with zero attached hydrogens (tertiary/aromatic N) is 1. The molecule has 2 N–H and O–H groups in total. The molecule has 1 fully saturated rings. The highest BCUT2D eigenvalue weighted by molar-refractivity contribution is 9.10. The van der Waals surface area contributed by atoms with Crippen molar-refractivity contribution in [1.29, 1.82) is 0 Å². The summed E-state index contributed by atoms with van der Waals surface area (Å²) in [5, 5.41) is 0. The number of hydrogen-bond donors (Lipinski definition) is 1. The summed E-state index contributed by atoms with van der Waals surface area (Å²) in [5.74, 6) is 0. The maximum atomic E-state index is 6.22. The van der Waals surface area contributed by atoms with Crippen LogP contribution in [-0.4, -0.2) is 37.2 Å². The number of hydrogen-bond acceptors (Lipinski definition) is 3. The van der Waals surface area contributed by atoms with Crippen molar-refractivity contribution in [3.8, 4) is 0 Å². The lowest BCUT2D eigenvalue weighted by Gasteiger charge is -2.35. The van der Waals surface area contributed by atoms with Gasteiger partial charge in [-0.05, 0) is 50.9 Å². The van der Waals surface area contributed by atoms with Gasteiger partial charge in [-0.25, -0.2) is 0 Å². The van der Waals surface area contributed by atoms with Gasteiger partial charge >= 0.3 is 0 Å². The summed E-state index contributed by atoms with van der Waals surface area (Å²) in [4.78, 5) is 2.34. The molecule has 4 heteroatoms. The van der Waals surface area contributed by atoms with Crippen LogP contribution in [0.5, 0.6) is 0 Å². The summed E-state index contributed by atoms with van der Waals surface area (Å²) in [6, 6.07) is 8.77. The SMILES string of the molecule is CC(N)C(c1ccc(Br)cc1)N(C)CC1CCCCO1. The lowest BCUT2D eigenvalue weighted by Crippen LogP contribution is -2.42. The first-order valence-electron chi connectivity index (χ1n) is 7.41. The van der Waals surface area contributed by atoms with Gasteiger partial charge in [0.1, 0.15) is 0 Å². The minimum Gasteiger partial charge on any atom is -0.377 e. The molecule has 0 aliphatic carbocycles. The second-order valence-electron chi connectivity index (χ2n) is 5.78. The van der Waals surface area contributed by atoms with Gasteiger partial charge in [-0.3, -0.25) is 4.90 Å². The van der Waals surface area contributed by atoms with E-state index in [1.54, 1.807) is 0 Å². The molecule has 3 nitrogen and oxygen atoms in total. The molecule has 0 spiro atoms. The maximum absolute atomic E-state index is 6.22. The molecule has 20 heavy (non-hydrogen) atoms. The second-order valence-corrected chi connectivity index (χ2v) is 6.70. The smallest absolute Gasteiger partial charge is 0.0702 e. The van der Waals surface area contributed by atoms with Crippen molar-refractivity contribution >= 4 is 15.9 Å². The van der Waals surface area contributed by atoms with Crippen LogP contribution in [0.2, 0.25) is 0 Å². The Bertz CT molecular complexity index is 401. The van der Waals surface area contributed by atoms with Crippen LogP contribution in [0.25, 0.3) is 0 Å². The highest BCUT2D eigenvalue weighted by atomic mass is 79.9. The molecule has 1 saturated heterocycles. The second kappa shape index (κ2) is 7.55. The van der Waals surface area contributed by atoms with Crippen molar-refractivity contribution in [1.82, 2.24) is 4.90 Å². The zero-order valence-corrected chi connectivity index (χ0v) is 14.0. The lowest BCUT2D eigenvalue weighted by molar-refractivity contribution is -0.00985. The van der Waals surface area contributed by atoms with Crippen LogP contribution >= 0.6 is 15.9 Å². The highest BCUT2D eigenvalue weighted by Gasteiger charge is 2.24. The Morgan fingerprint density at radius 3 is 2.60 bits per heavy atom. The summed E-state index contributed by atoms with van der Waals surface area (Å²) < 4.78 is 6.94. The molecule has 1 aliphatic rings. The predicted molar refractivity (Wildman–Crippen MR) is 86.8 cm³/mol. The molecule has 0 radical (unpaired) electrons. The van der Waals surface area contributed by atoms with Gasteiger partial charge < -0.3 is 10.5 Å². The molecule has 2 rings (SSSR count). The molecule has 1 heterocycles. The molecule has 112 valence electrons. The number of nitrogens with two attached hydrogens (primary N) is 1. The third-order valence-electron chi connectivity index (χ3n) is 3.95.